The number of benzene rings is 2. The first kappa shape index (κ1) is 16.9. The minimum Gasteiger partial charge on any atom is -0.334 e. The molecule has 0 amide bonds. The Labute approximate surface area is 149 Å². The van der Waals surface area contributed by atoms with E-state index in [4.69, 9.17) is 0 Å². The molecule has 0 aliphatic carbocycles. The SMILES string of the molecule is CN(C(c1ccccc1)c1ccccc1Br)S(=O)(=O)c1ncc[nH]1. The van der Waals surface area contributed by atoms with Crippen LogP contribution in [0.4, 0.5) is 0 Å². The van der Waals surface area contributed by atoms with E-state index < -0.39 is 16.1 Å². The molecule has 0 aliphatic heterocycles. The Balaban J connectivity index is 2.14. The molecule has 0 saturated heterocycles. The van der Waals surface area contributed by atoms with Gasteiger partial charge in [-0.25, -0.2) is 13.4 Å². The van der Waals surface area contributed by atoms with E-state index in [1.165, 1.54) is 16.7 Å². The minimum absolute atomic E-state index is 0.0713. The standard InChI is InChI=1S/C17H16BrN3O2S/c1-21(24(22,23)17-19-11-12-20-17)16(13-7-3-2-4-8-13)14-9-5-6-10-15(14)18/h2-12,16H,1H3,(H,19,20). The first-order valence-corrected chi connectivity index (χ1v) is 9.52. The Morgan fingerprint density at radius 2 is 1.75 bits per heavy atom. The van der Waals surface area contributed by atoms with Crippen molar-refractivity contribution in [2.75, 3.05) is 7.05 Å². The van der Waals surface area contributed by atoms with Crippen molar-refractivity contribution in [3.63, 3.8) is 0 Å². The van der Waals surface area contributed by atoms with Gasteiger partial charge in [-0.3, -0.25) is 0 Å². The van der Waals surface area contributed by atoms with Gasteiger partial charge in [0.2, 0.25) is 5.16 Å². The second kappa shape index (κ2) is 6.88. The lowest BCUT2D eigenvalue weighted by molar-refractivity contribution is 0.413. The number of imidazole rings is 1. The molecule has 1 N–H and O–H groups in total. The summed E-state index contributed by atoms with van der Waals surface area (Å²) in [5.41, 5.74) is 1.74. The normalized spacial score (nSPS) is 13.1. The van der Waals surface area contributed by atoms with Crippen molar-refractivity contribution >= 4 is 26.0 Å². The summed E-state index contributed by atoms with van der Waals surface area (Å²) >= 11 is 3.53. The fourth-order valence-electron chi connectivity index (χ4n) is 2.58. The van der Waals surface area contributed by atoms with Gasteiger partial charge in [0.05, 0.1) is 6.04 Å². The molecule has 1 unspecified atom stereocenters. The van der Waals surface area contributed by atoms with Crippen molar-refractivity contribution in [3.8, 4) is 0 Å². The number of nitrogens with one attached hydrogen (secondary N) is 1. The Bertz CT molecular complexity index is 912. The molecule has 5 nitrogen and oxygen atoms in total. The molecule has 0 aliphatic rings. The molecule has 1 heterocycles. The lowest BCUT2D eigenvalue weighted by Gasteiger charge is -2.28. The van der Waals surface area contributed by atoms with E-state index in [1.807, 2.05) is 54.6 Å². The predicted octanol–water partition coefficient (Wildman–Crippen LogP) is 3.58. The van der Waals surface area contributed by atoms with Crippen molar-refractivity contribution in [2.45, 2.75) is 11.2 Å². The van der Waals surface area contributed by atoms with Gasteiger partial charge < -0.3 is 4.98 Å². The van der Waals surface area contributed by atoms with Crippen molar-refractivity contribution < 1.29 is 8.42 Å². The number of nitrogens with zero attached hydrogens (tertiary/aromatic N) is 2. The quantitative estimate of drug-likeness (QED) is 0.705. The summed E-state index contributed by atoms with van der Waals surface area (Å²) in [6.07, 6.45) is 2.92. The van der Waals surface area contributed by atoms with Crippen molar-refractivity contribution in [1.82, 2.24) is 14.3 Å². The van der Waals surface area contributed by atoms with E-state index in [0.29, 0.717) is 0 Å². The highest BCUT2D eigenvalue weighted by Gasteiger charge is 2.32. The summed E-state index contributed by atoms with van der Waals surface area (Å²) in [6, 6.07) is 16.7. The topological polar surface area (TPSA) is 66.1 Å². The number of hydrogen-bond donors (Lipinski definition) is 1. The average Bonchev–Trinajstić information content (AvgIpc) is 3.13. The fraction of sp³-hybridized carbons (Fsp3) is 0.118. The monoisotopic (exact) mass is 405 g/mol. The van der Waals surface area contributed by atoms with Crippen LogP contribution >= 0.6 is 15.9 Å². The van der Waals surface area contributed by atoms with Gasteiger partial charge in [-0.2, -0.15) is 4.31 Å². The molecular formula is C17H16BrN3O2S. The number of halogens is 1. The Hall–Kier alpha value is -1.96. The molecule has 0 saturated carbocycles. The third-order valence-corrected chi connectivity index (χ3v) is 6.18. The lowest BCUT2D eigenvalue weighted by atomic mass is 9.99. The molecule has 3 aromatic rings. The molecule has 0 fully saturated rings. The second-order valence-corrected chi connectivity index (χ2v) is 8.02. The molecule has 0 spiro atoms. The zero-order valence-corrected chi connectivity index (χ0v) is 15.3. The van der Waals surface area contributed by atoms with E-state index >= 15 is 0 Å². The highest BCUT2D eigenvalue weighted by atomic mass is 79.9. The van der Waals surface area contributed by atoms with Crippen LogP contribution in [-0.2, 0) is 10.0 Å². The summed E-state index contributed by atoms with van der Waals surface area (Å²) < 4.78 is 28.0. The number of rotatable bonds is 5. The molecule has 0 radical (unpaired) electrons. The van der Waals surface area contributed by atoms with Crippen LogP contribution in [-0.4, -0.2) is 29.7 Å². The Morgan fingerprint density at radius 1 is 1.08 bits per heavy atom. The van der Waals surface area contributed by atoms with Crippen LogP contribution in [0, 0.1) is 0 Å². The van der Waals surface area contributed by atoms with Gasteiger partial charge in [-0.15, -0.1) is 0 Å². The van der Waals surface area contributed by atoms with Crippen LogP contribution in [0.1, 0.15) is 17.2 Å². The van der Waals surface area contributed by atoms with Crippen LogP contribution < -0.4 is 0 Å². The van der Waals surface area contributed by atoms with Gasteiger partial charge in [0.1, 0.15) is 0 Å². The summed E-state index contributed by atoms with van der Waals surface area (Å²) in [6.45, 7) is 0. The van der Waals surface area contributed by atoms with E-state index in [0.717, 1.165) is 15.6 Å². The number of hydrogen-bond acceptors (Lipinski definition) is 3. The molecule has 1 atom stereocenters. The molecule has 3 rings (SSSR count). The summed E-state index contributed by atoms with van der Waals surface area (Å²) in [4.78, 5) is 6.58. The summed E-state index contributed by atoms with van der Waals surface area (Å²) in [5, 5.41) is -0.0713. The number of aromatic amines is 1. The van der Waals surface area contributed by atoms with Crippen LogP contribution in [0.2, 0.25) is 0 Å². The van der Waals surface area contributed by atoms with E-state index in [1.54, 1.807) is 7.05 Å². The maximum atomic E-state index is 12.9. The minimum atomic E-state index is -3.76. The predicted molar refractivity (Wildman–Crippen MR) is 96.0 cm³/mol. The van der Waals surface area contributed by atoms with Crippen LogP contribution in [0.5, 0.6) is 0 Å². The highest BCUT2D eigenvalue weighted by Crippen LogP contribution is 2.35. The maximum Gasteiger partial charge on any atom is 0.277 e. The third-order valence-electron chi connectivity index (χ3n) is 3.78. The molecule has 1 aromatic heterocycles. The first-order valence-electron chi connectivity index (χ1n) is 7.28. The second-order valence-electron chi connectivity index (χ2n) is 5.25. The summed E-state index contributed by atoms with van der Waals surface area (Å²) in [5.74, 6) is 0. The van der Waals surface area contributed by atoms with Gasteiger partial charge >= 0.3 is 0 Å². The van der Waals surface area contributed by atoms with Crippen molar-refractivity contribution in [1.29, 1.82) is 0 Å². The number of H-pyrrole nitrogens is 1. The largest absolute Gasteiger partial charge is 0.334 e. The van der Waals surface area contributed by atoms with E-state index in [2.05, 4.69) is 25.9 Å². The Kier molecular flexibility index (Phi) is 4.84. The van der Waals surface area contributed by atoms with Gasteiger partial charge in [0.15, 0.2) is 0 Å². The van der Waals surface area contributed by atoms with Crippen molar-refractivity contribution in [2.24, 2.45) is 0 Å². The Morgan fingerprint density at radius 3 is 2.38 bits per heavy atom. The van der Waals surface area contributed by atoms with Gasteiger partial charge in [0, 0.05) is 23.9 Å². The van der Waals surface area contributed by atoms with Gasteiger partial charge in [-0.05, 0) is 17.2 Å². The lowest BCUT2D eigenvalue weighted by Crippen LogP contribution is -2.33. The molecule has 2 aromatic carbocycles. The highest BCUT2D eigenvalue weighted by molar-refractivity contribution is 9.10. The van der Waals surface area contributed by atoms with Crippen LogP contribution in [0.3, 0.4) is 0 Å². The molecule has 7 heteroatoms. The molecule has 0 bridgehead atoms. The molecule has 24 heavy (non-hydrogen) atoms. The van der Waals surface area contributed by atoms with Crippen LogP contribution in [0.25, 0.3) is 0 Å². The summed E-state index contributed by atoms with van der Waals surface area (Å²) in [7, 11) is -2.20. The zero-order chi connectivity index (χ0) is 17.2. The molecule has 124 valence electrons. The average molecular weight is 406 g/mol. The van der Waals surface area contributed by atoms with Gasteiger partial charge in [-0.1, -0.05) is 64.5 Å². The van der Waals surface area contributed by atoms with E-state index in [-0.39, 0.29) is 5.16 Å². The van der Waals surface area contributed by atoms with E-state index in [9.17, 15) is 8.42 Å². The zero-order valence-electron chi connectivity index (χ0n) is 12.9. The fourth-order valence-corrected chi connectivity index (χ4v) is 4.28. The van der Waals surface area contributed by atoms with Crippen molar-refractivity contribution in [3.05, 3.63) is 82.6 Å². The third kappa shape index (κ3) is 3.15. The maximum absolute atomic E-state index is 12.9. The molecular weight excluding hydrogens is 390 g/mol. The number of aromatic nitrogens is 2. The van der Waals surface area contributed by atoms with Crippen LogP contribution in [0.15, 0.2) is 76.6 Å². The first-order chi connectivity index (χ1) is 11.5. The van der Waals surface area contributed by atoms with Gasteiger partial charge in [0.25, 0.3) is 10.0 Å². The smallest absolute Gasteiger partial charge is 0.277 e. The number of sulfonamides is 1.